The normalized spacial score (nSPS) is 18.7. The largest absolute Gasteiger partial charge is 0.478 e. The second kappa shape index (κ2) is 5.48. The lowest BCUT2D eigenvalue weighted by Gasteiger charge is -2.15. The maximum Gasteiger partial charge on any atom is 0.335 e. The number of ether oxygens (including phenoxy) is 1. The molecule has 1 fully saturated rings. The van der Waals surface area contributed by atoms with Crippen molar-refractivity contribution in [2.45, 2.75) is 39.3 Å². The van der Waals surface area contributed by atoms with Crippen LogP contribution in [0.2, 0.25) is 0 Å². The van der Waals surface area contributed by atoms with Gasteiger partial charge in [-0.15, -0.1) is 0 Å². The zero-order valence-corrected chi connectivity index (χ0v) is 12.4. The summed E-state index contributed by atoms with van der Waals surface area (Å²) >= 11 is 0. The van der Waals surface area contributed by atoms with Crippen molar-refractivity contribution in [2.75, 3.05) is 6.61 Å². The molecule has 0 radical (unpaired) electrons. The minimum Gasteiger partial charge on any atom is -0.478 e. The molecule has 1 aromatic carbocycles. The highest BCUT2D eigenvalue weighted by Gasteiger charge is 2.25. The van der Waals surface area contributed by atoms with Crippen LogP contribution in [-0.4, -0.2) is 27.2 Å². The zero-order valence-electron chi connectivity index (χ0n) is 12.4. The van der Waals surface area contributed by atoms with Gasteiger partial charge in [-0.2, -0.15) is 0 Å². The fourth-order valence-electron chi connectivity index (χ4n) is 2.87. The highest BCUT2D eigenvalue weighted by molar-refractivity contribution is 5.92. The number of benzene rings is 1. The number of hydrogen-bond acceptors (Lipinski definition) is 3. The standard InChI is InChI=1S/C16H20N2O3/c1-10(2)9-18-13-6-5-11(16(19)20)8-12(13)17-15(18)14-4-3-7-21-14/h5-6,8,10,14H,3-4,7,9H2,1-2H3,(H,19,20). The van der Waals surface area contributed by atoms with E-state index in [4.69, 9.17) is 9.84 Å². The van der Waals surface area contributed by atoms with E-state index in [0.29, 0.717) is 5.92 Å². The molecule has 5 heteroatoms. The molecule has 1 aliphatic heterocycles. The highest BCUT2D eigenvalue weighted by atomic mass is 16.5. The Kier molecular flexibility index (Phi) is 3.68. The van der Waals surface area contributed by atoms with Crippen molar-refractivity contribution >= 4 is 17.0 Å². The summed E-state index contributed by atoms with van der Waals surface area (Å²) in [6.45, 7) is 5.96. The lowest BCUT2D eigenvalue weighted by atomic mass is 10.2. The molecule has 21 heavy (non-hydrogen) atoms. The molecule has 2 heterocycles. The lowest BCUT2D eigenvalue weighted by molar-refractivity contribution is 0.0697. The summed E-state index contributed by atoms with van der Waals surface area (Å²) in [6, 6.07) is 5.14. The van der Waals surface area contributed by atoms with Crippen LogP contribution in [-0.2, 0) is 11.3 Å². The first kappa shape index (κ1) is 14.1. The molecule has 2 aromatic rings. The Morgan fingerprint density at radius 1 is 1.52 bits per heavy atom. The van der Waals surface area contributed by atoms with Gasteiger partial charge in [-0.05, 0) is 37.0 Å². The Labute approximate surface area is 123 Å². The number of nitrogens with zero attached hydrogens (tertiary/aromatic N) is 2. The van der Waals surface area contributed by atoms with Gasteiger partial charge < -0.3 is 14.4 Å². The fourth-order valence-corrected chi connectivity index (χ4v) is 2.87. The number of carboxylic acids is 1. The minimum absolute atomic E-state index is 0.0319. The molecule has 1 atom stereocenters. The van der Waals surface area contributed by atoms with Gasteiger partial charge in [0.25, 0.3) is 0 Å². The van der Waals surface area contributed by atoms with Gasteiger partial charge in [-0.3, -0.25) is 0 Å². The molecule has 1 aromatic heterocycles. The molecule has 3 rings (SSSR count). The highest BCUT2D eigenvalue weighted by Crippen LogP contribution is 2.31. The third-order valence-corrected chi connectivity index (χ3v) is 3.79. The lowest BCUT2D eigenvalue weighted by Crippen LogP contribution is -2.12. The van der Waals surface area contributed by atoms with Crippen molar-refractivity contribution in [2.24, 2.45) is 5.92 Å². The van der Waals surface area contributed by atoms with Crippen molar-refractivity contribution in [3.8, 4) is 0 Å². The van der Waals surface area contributed by atoms with Crippen LogP contribution in [0.4, 0.5) is 0 Å². The number of carboxylic acid groups (broad SMARTS) is 1. The van der Waals surface area contributed by atoms with E-state index in [1.165, 1.54) is 0 Å². The van der Waals surface area contributed by atoms with E-state index in [9.17, 15) is 4.79 Å². The fraction of sp³-hybridized carbons (Fsp3) is 0.500. The molecule has 0 aliphatic carbocycles. The summed E-state index contributed by atoms with van der Waals surface area (Å²) in [5, 5.41) is 9.12. The first-order valence-corrected chi connectivity index (χ1v) is 7.41. The molecular weight excluding hydrogens is 268 g/mol. The summed E-state index contributed by atoms with van der Waals surface area (Å²) in [5.41, 5.74) is 2.00. The van der Waals surface area contributed by atoms with Gasteiger partial charge in [0.1, 0.15) is 11.9 Å². The van der Waals surface area contributed by atoms with E-state index in [-0.39, 0.29) is 11.7 Å². The summed E-state index contributed by atoms with van der Waals surface area (Å²) in [4.78, 5) is 15.8. The SMILES string of the molecule is CC(C)Cn1c(C2CCCO2)nc2cc(C(=O)O)ccc21. The van der Waals surface area contributed by atoms with Crippen LogP contribution in [0.1, 0.15) is 49.0 Å². The molecule has 112 valence electrons. The van der Waals surface area contributed by atoms with Crippen molar-refractivity contribution in [3.05, 3.63) is 29.6 Å². The van der Waals surface area contributed by atoms with Crippen LogP contribution in [0.3, 0.4) is 0 Å². The van der Waals surface area contributed by atoms with Gasteiger partial charge in [0, 0.05) is 13.2 Å². The van der Waals surface area contributed by atoms with E-state index in [2.05, 4.69) is 23.4 Å². The molecule has 1 N–H and O–H groups in total. The molecule has 1 aliphatic rings. The average Bonchev–Trinajstić information content (AvgIpc) is 3.05. The molecule has 0 amide bonds. The van der Waals surface area contributed by atoms with Crippen LogP contribution >= 0.6 is 0 Å². The number of fused-ring (bicyclic) bond motifs is 1. The molecular formula is C16H20N2O3. The van der Waals surface area contributed by atoms with Gasteiger partial charge in [0.15, 0.2) is 0 Å². The number of hydrogen-bond donors (Lipinski definition) is 1. The first-order valence-electron chi connectivity index (χ1n) is 7.41. The number of carbonyl (C=O) groups is 1. The van der Waals surface area contributed by atoms with Crippen molar-refractivity contribution < 1.29 is 14.6 Å². The maximum absolute atomic E-state index is 11.1. The second-order valence-corrected chi connectivity index (χ2v) is 5.98. The van der Waals surface area contributed by atoms with E-state index < -0.39 is 5.97 Å². The van der Waals surface area contributed by atoms with Crippen molar-refractivity contribution in [1.82, 2.24) is 9.55 Å². The van der Waals surface area contributed by atoms with E-state index in [1.807, 2.05) is 6.07 Å². The van der Waals surface area contributed by atoms with Gasteiger partial charge in [0.2, 0.25) is 0 Å². The van der Waals surface area contributed by atoms with Crippen LogP contribution < -0.4 is 0 Å². The Morgan fingerprint density at radius 2 is 2.33 bits per heavy atom. The maximum atomic E-state index is 11.1. The summed E-state index contributed by atoms with van der Waals surface area (Å²) in [5.74, 6) is 0.495. The second-order valence-electron chi connectivity index (χ2n) is 5.98. The average molecular weight is 288 g/mol. The van der Waals surface area contributed by atoms with E-state index >= 15 is 0 Å². The number of aromatic carboxylic acids is 1. The molecule has 0 spiro atoms. The van der Waals surface area contributed by atoms with Gasteiger partial charge in [-0.25, -0.2) is 9.78 Å². The molecule has 0 saturated carbocycles. The van der Waals surface area contributed by atoms with Crippen LogP contribution in [0.5, 0.6) is 0 Å². The third-order valence-electron chi connectivity index (χ3n) is 3.79. The Balaban J connectivity index is 2.12. The van der Waals surface area contributed by atoms with Crippen molar-refractivity contribution in [1.29, 1.82) is 0 Å². The van der Waals surface area contributed by atoms with E-state index in [0.717, 1.165) is 42.9 Å². The number of aromatic nitrogens is 2. The quantitative estimate of drug-likeness (QED) is 0.938. The Morgan fingerprint density at radius 3 is 2.95 bits per heavy atom. The molecule has 5 nitrogen and oxygen atoms in total. The summed E-state index contributed by atoms with van der Waals surface area (Å²) < 4.78 is 7.95. The van der Waals surface area contributed by atoms with Gasteiger partial charge in [0.05, 0.1) is 16.6 Å². The van der Waals surface area contributed by atoms with Crippen LogP contribution in [0.25, 0.3) is 11.0 Å². The minimum atomic E-state index is -0.922. The van der Waals surface area contributed by atoms with Crippen LogP contribution in [0, 0.1) is 5.92 Å². The molecule has 1 saturated heterocycles. The Hall–Kier alpha value is -1.88. The topological polar surface area (TPSA) is 64.4 Å². The zero-order chi connectivity index (χ0) is 15.0. The van der Waals surface area contributed by atoms with Gasteiger partial charge in [-0.1, -0.05) is 13.8 Å². The third kappa shape index (κ3) is 2.65. The Bertz CT molecular complexity index is 669. The molecule has 0 bridgehead atoms. The number of imidazole rings is 1. The van der Waals surface area contributed by atoms with Gasteiger partial charge >= 0.3 is 5.97 Å². The molecule has 1 unspecified atom stereocenters. The van der Waals surface area contributed by atoms with E-state index in [1.54, 1.807) is 12.1 Å². The first-order chi connectivity index (χ1) is 10.1. The smallest absolute Gasteiger partial charge is 0.335 e. The predicted octanol–water partition coefficient (Wildman–Crippen LogP) is 3.24. The van der Waals surface area contributed by atoms with Crippen LogP contribution in [0.15, 0.2) is 18.2 Å². The summed E-state index contributed by atoms with van der Waals surface area (Å²) in [6.07, 6.45) is 2.06. The number of rotatable bonds is 4. The monoisotopic (exact) mass is 288 g/mol. The predicted molar refractivity (Wildman–Crippen MR) is 79.5 cm³/mol. The van der Waals surface area contributed by atoms with Crippen molar-refractivity contribution in [3.63, 3.8) is 0 Å². The summed E-state index contributed by atoms with van der Waals surface area (Å²) in [7, 11) is 0.